The number of aromatic nitrogens is 3. The molecule has 4 aromatic rings. The van der Waals surface area contributed by atoms with Crippen molar-refractivity contribution < 1.29 is 14.6 Å². The molecule has 0 aliphatic rings. The van der Waals surface area contributed by atoms with Crippen molar-refractivity contribution >= 4 is 23.4 Å². The number of hydrogen-bond donors (Lipinski definition) is 3. The molecule has 0 amide bonds. The molecule has 0 atom stereocenters. The summed E-state index contributed by atoms with van der Waals surface area (Å²) < 4.78 is 6.96. The van der Waals surface area contributed by atoms with Gasteiger partial charge in [-0.3, -0.25) is 4.79 Å². The van der Waals surface area contributed by atoms with E-state index in [-0.39, 0.29) is 5.75 Å². The van der Waals surface area contributed by atoms with Gasteiger partial charge in [-0.2, -0.15) is 0 Å². The largest absolute Gasteiger partial charge is 0.508 e. The van der Waals surface area contributed by atoms with Crippen molar-refractivity contribution in [3.8, 4) is 22.9 Å². The van der Waals surface area contributed by atoms with Gasteiger partial charge < -0.3 is 20.1 Å². The van der Waals surface area contributed by atoms with Crippen LogP contribution in [-0.4, -0.2) is 25.1 Å². The maximum atomic E-state index is 11.6. The van der Waals surface area contributed by atoms with Crippen LogP contribution in [0.2, 0.25) is 5.02 Å². The van der Waals surface area contributed by atoms with E-state index in [1.54, 1.807) is 28.9 Å². The molecule has 0 unspecified atom stereocenters. The number of para-hydroxylation sites is 1. The lowest BCUT2D eigenvalue weighted by molar-refractivity contribution is 0.419. The summed E-state index contributed by atoms with van der Waals surface area (Å²) >= 11 is 7.30. The summed E-state index contributed by atoms with van der Waals surface area (Å²) in [5.74, 6) is 0.979. The second-order valence-corrected chi connectivity index (χ2v) is 7.88. The molecule has 31 heavy (non-hydrogen) atoms. The highest BCUT2D eigenvalue weighted by Crippen LogP contribution is 2.27. The molecule has 0 aliphatic carbocycles. The molecule has 3 N–H and O–H groups in total. The van der Waals surface area contributed by atoms with Crippen LogP contribution in [0.3, 0.4) is 0 Å². The molecule has 4 rings (SSSR count). The molecule has 0 fully saturated rings. The van der Waals surface area contributed by atoms with Crippen LogP contribution in [0.1, 0.15) is 11.3 Å². The average molecular weight is 457 g/mol. The maximum Gasteiger partial charge on any atom is 0.226 e. The van der Waals surface area contributed by atoms with Gasteiger partial charge >= 0.3 is 0 Å². The summed E-state index contributed by atoms with van der Waals surface area (Å²) in [6.07, 6.45) is 1.01. The fraction of sp³-hybridized carbons (Fsp3) is 0.0952. The second kappa shape index (κ2) is 9.15. The molecule has 0 spiro atoms. The van der Waals surface area contributed by atoms with Crippen molar-refractivity contribution in [3.05, 3.63) is 87.4 Å². The third-order valence-electron chi connectivity index (χ3n) is 4.37. The van der Waals surface area contributed by atoms with Crippen molar-refractivity contribution in [2.24, 2.45) is 0 Å². The van der Waals surface area contributed by atoms with Crippen LogP contribution in [0.15, 0.2) is 75.2 Å². The maximum absolute atomic E-state index is 11.6. The van der Waals surface area contributed by atoms with Gasteiger partial charge in [-0.25, -0.2) is 4.68 Å². The lowest BCUT2D eigenvalue weighted by atomic mass is 10.2. The molecule has 0 radical (unpaired) electrons. The van der Waals surface area contributed by atoms with Crippen LogP contribution in [0.5, 0.6) is 11.5 Å². The summed E-state index contributed by atoms with van der Waals surface area (Å²) in [4.78, 5) is 11.6. The first kappa shape index (κ1) is 20.8. The summed E-state index contributed by atoms with van der Waals surface area (Å²) in [5.41, 5.74) is 4.23. The minimum Gasteiger partial charge on any atom is -0.508 e. The molecule has 0 bridgehead atoms. The number of nitrogens with zero attached hydrogens (tertiary/aromatic N) is 3. The Morgan fingerprint density at radius 2 is 1.84 bits per heavy atom. The van der Waals surface area contributed by atoms with E-state index in [0.29, 0.717) is 39.6 Å². The average Bonchev–Trinajstić information content (AvgIpc) is 3.17. The fourth-order valence-corrected chi connectivity index (χ4v) is 3.70. The van der Waals surface area contributed by atoms with Gasteiger partial charge in [-0.1, -0.05) is 41.6 Å². The highest BCUT2D eigenvalue weighted by Gasteiger charge is 2.16. The zero-order valence-corrected chi connectivity index (χ0v) is 17.6. The predicted octanol–water partition coefficient (Wildman–Crippen LogP) is 4.00. The van der Waals surface area contributed by atoms with Gasteiger partial charge in [0.25, 0.3) is 0 Å². The summed E-state index contributed by atoms with van der Waals surface area (Å²) in [5, 5.41) is 29.1. The van der Waals surface area contributed by atoms with E-state index < -0.39 is 11.2 Å². The lowest BCUT2D eigenvalue weighted by Crippen LogP contribution is -2.17. The number of rotatable bonds is 7. The number of benzene rings is 2. The molecule has 2 aromatic heterocycles. The molecule has 2 aromatic carbocycles. The molecule has 8 nitrogen and oxygen atoms in total. The van der Waals surface area contributed by atoms with Crippen molar-refractivity contribution in [1.29, 1.82) is 0 Å². The van der Waals surface area contributed by atoms with Gasteiger partial charge in [-0.15, -0.1) is 10.2 Å². The number of nitrogens with one attached hydrogen (secondary N) is 1. The molecule has 10 heteroatoms. The monoisotopic (exact) mass is 456 g/mol. The smallest absolute Gasteiger partial charge is 0.226 e. The van der Waals surface area contributed by atoms with Gasteiger partial charge in [0.05, 0.1) is 12.3 Å². The van der Waals surface area contributed by atoms with Crippen LogP contribution >= 0.6 is 23.4 Å². The third kappa shape index (κ3) is 4.84. The summed E-state index contributed by atoms with van der Waals surface area (Å²) in [7, 11) is 0. The topological polar surface area (TPSA) is 113 Å². The Hall–Kier alpha value is -3.43. The van der Waals surface area contributed by atoms with Crippen LogP contribution in [0, 0.1) is 0 Å². The van der Waals surface area contributed by atoms with Crippen LogP contribution in [-0.2, 0) is 12.3 Å². The normalized spacial score (nSPS) is 10.9. The number of thioether (sulfide) groups is 1. The highest BCUT2D eigenvalue weighted by molar-refractivity contribution is 7.98. The molecule has 158 valence electrons. The van der Waals surface area contributed by atoms with Crippen molar-refractivity contribution in [2.45, 2.75) is 17.5 Å². The fourth-order valence-electron chi connectivity index (χ4n) is 2.77. The first-order chi connectivity index (χ1) is 15.0. The molecular formula is C21H17ClN4O4S. The van der Waals surface area contributed by atoms with Crippen molar-refractivity contribution in [3.63, 3.8) is 0 Å². The minimum absolute atomic E-state index is 0.177. The Kier molecular flexibility index (Phi) is 6.15. The van der Waals surface area contributed by atoms with E-state index in [1.165, 1.54) is 17.8 Å². The Morgan fingerprint density at radius 1 is 1.06 bits per heavy atom. The second-order valence-electron chi connectivity index (χ2n) is 6.50. The first-order valence-electron chi connectivity index (χ1n) is 9.17. The molecular weight excluding hydrogens is 440 g/mol. The number of phenols is 1. The number of aromatic hydroxyl groups is 2. The van der Waals surface area contributed by atoms with Crippen molar-refractivity contribution in [2.75, 3.05) is 5.43 Å². The van der Waals surface area contributed by atoms with Gasteiger partial charge in [0.1, 0.15) is 17.8 Å². The van der Waals surface area contributed by atoms with E-state index in [9.17, 15) is 15.0 Å². The number of halogens is 1. The van der Waals surface area contributed by atoms with E-state index in [4.69, 9.17) is 16.0 Å². The van der Waals surface area contributed by atoms with Gasteiger partial charge in [0, 0.05) is 22.2 Å². The van der Waals surface area contributed by atoms with E-state index in [2.05, 4.69) is 15.6 Å². The SMILES string of the molecule is O=c1cc(CSc2nnc(-c3ccc(Cl)cc3)n2NCc2ccccc2O)occ1O. The minimum atomic E-state index is -0.511. The van der Waals surface area contributed by atoms with Crippen LogP contribution in [0.4, 0.5) is 0 Å². The molecule has 0 saturated carbocycles. The van der Waals surface area contributed by atoms with Gasteiger partial charge in [0.2, 0.25) is 10.6 Å². The zero-order valence-electron chi connectivity index (χ0n) is 16.0. The number of phenolic OH excluding ortho intramolecular Hbond substituents is 1. The lowest BCUT2D eigenvalue weighted by Gasteiger charge is -2.13. The Labute approximate surface area is 186 Å². The summed E-state index contributed by atoms with van der Waals surface area (Å²) in [6.45, 7) is 0.327. The molecule has 0 saturated heterocycles. The van der Waals surface area contributed by atoms with E-state index >= 15 is 0 Å². The van der Waals surface area contributed by atoms with Gasteiger partial charge in [0.15, 0.2) is 11.6 Å². The molecule has 0 aliphatic heterocycles. The predicted molar refractivity (Wildman–Crippen MR) is 118 cm³/mol. The third-order valence-corrected chi connectivity index (χ3v) is 5.57. The Morgan fingerprint density at radius 3 is 2.58 bits per heavy atom. The first-order valence-corrected chi connectivity index (χ1v) is 10.5. The van der Waals surface area contributed by atoms with Crippen LogP contribution in [0.25, 0.3) is 11.4 Å². The zero-order chi connectivity index (χ0) is 21.8. The van der Waals surface area contributed by atoms with E-state index in [0.717, 1.165) is 11.8 Å². The summed E-state index contributed by atoms with van der Waals surface area (Å²) in [6, 6.07) is 15.4. The van der Waals surface area contributed by atoms with Crippen molar-refractivity contribution in [1.82, 2.24) is 14.9 Å². The Balaban J connectivity index is 1.62. The standard InChI is InChI=1S/C21H17ClN4O4S/c22-15-7-5-13(6-8-15)20-24-25-21(31-12-16-9-18(28)19(29)11-30-16)26(20)23-10-14-3-1-2-4-17(14)27/h1-9,11,23,27,29H,10,12H2. The van der Waals surface area contributed by atoms with Gasteiger partial charge in [-0.05, 0) is 30.3 Å². The quantitative estimate of drug-likeness (QED) is 0.357. The number of hydrogen-bond acceptors (Lipinski definition) is 8. The Bertz CT molecular complexity index is 1260. The highest BCUT2D eigenvalue weighted by atomic mass is 35.5. The van der Waals surface area contributed by atoms with E-state index in [1.807, 2.05) is 24.3 Å². The van der Waals surface area contributed by atoms with Crippen LogP contribution < -0.4 is 10.9 Å². The molecule has 2 heterocycles.